The molecule has 27 heavy (non-hydrogen) atoms. The van der Waals surface area contributed by atoms with E-state index in [0.29, 0.717) is 18.7 Å². The quantitative estimate of drug-likeness (QED) is 0.876. The van der Waals surface area contributed by atoms with E-state index in [9.17, 15) is 9.59 Å². The number of hydrogen-bond donors (Lipinski definition) is 1. The van der Waals surface area contributed by atoms with Crippen LogP contribution in [0, 0.1) is 19.8 Å². The van der Waals surface area contributed by atoms with Gasteiger partial charge in [-0.3, -0.25) is 9.59 Å². The monoisotopic (exact) mass is 364 g/mol. The van der Waals surface area contributed by atoms with Crippen LogP contribution in [0.5, 0.6) is 0 Å². The van der Waals surface area contributed by atoms with Crippen molar-refractivity contribution in [3.63, 3.8) is 0 Å². The summed E-state index contributed by atoms with van der Waals surface area (Å²) in [7, 11) is 0. The summed E-state index contributed by atoms with van der Waals surface area (Å²) < 4.78 is 0. The third kappa shape index (κ3) is 4.76. The molecule has 0 radical (unpaired) electrons. The lowest BCUT2D eigenvalue weighted by molar-refractivity contribution is -0.121. The van der Waals surface area contributed by atoms with Crippen LogP contribution in [0.2, 0.25) is 0 Å². The normalized spacial score (nSPS) is 16.9. The van der Waals surface area contributed by atoms with Crippen molar-refractivity contribution in [1.82, 2.24) is 4.90 Å². The highest BCUT2D eigenvalue weighted by Crippen LogP contribution is 2.22. The van der Waals surface area contributed by atoms with E-state index in [1.807, 2.05) is 49.1 Å². The van der Waals surface area contributed by atoms with Crippen LogP contribution in [-0.2, 0) is 11.2 Å². The van der Waals surface area contributed by atoms with Gasteiger partial charge in [-0.1, -0.05) is 36.2 Å². The molecule has 0 saturated carbocycles. The standard InChI is InChI=1S/C23H28N2O2/c1-4-18-7-5-9-21(14-18)24-22(26)19-8-6-10-25(15-19)23(27)20-12-16(2)11-17(3)13-20/h5,7,9,11-14,19H,4,6,8,10,15H2,1-3H3,(H,24,26). The lowest BCUT2D eigenvalue weighted by Gasteiger charge is -2.32. The van der Waals surface area contributed by atoms with E-state index in [1.54, 1.807) is 0 Å². The second-order valence-corrected chi connectivity index (χ2v) is 7.51. The second kappa shape index (κ2) is 8.38. The van der Waals surface area contributed by atoms with Gasteiger partial charge in [-0.2, -0.15) is 0 Å². The molecule has 2 amide bonds. The molecule has 0 aromatic heterocycles. The molecule has 0 bridgehead atoms. The summed E-state index contributed by atoms with van der Waals surface area (Å²) in [6.45, 7) is 7.28. The topological polar surface area (TPSA) is 49.4 Å². The summed E-state index contributed by atoms with van der Waals surface area (Å²) >= 11 is 0. The van der Waals surface area contributed by atoms with E-state index in [2.05, 4.69) is 24.4 Å². The largest absolute Gasteiger partial charge is 0.338 e. The minimum atomic E-state index is -0.168. The number of nitrogens with one attached hydrogen (secondary N) is 1. The molecule has 0 aliphatic carbocycles. The number of nitrogens with zero attached hydrogens (tertiary/aromatic N) is 1. The Morgan fingerprint density at radius 2 is 1.85 bits per heavy atom. The van der Waals surface area contributed by atoms with Crippen LogP contribution in [0.4, 0.5) is 5.69 Å². The number of aryl methyl sites for hydroxylation is 3. The SMILES string of the molecule is CCc1cccc(NC(=O)C2CCCN(C(=O)c3cc(C)cc(C)c3)C2)c1. The number of anilines is 1. The van der Waals surface area contributed by atoms with Gasteiger partial charge in [0.05, 0.1) is 5.92 Å². The van der Waals surface area contributed by atoms with Gasteiger partial charge in [-0.25, -0.2) is 0 Å². The van der Waals surface area contributed by atoms with Gasteiger partial charge in [-0.15, -0.1) is 0 Å². The van der Waals surface area contributed by atoms with Crippen LogP contribution in [0.1, 0.15) is 46.8 Å². The molecule has 1 atom stereocenters. The molecule has 4 heteroatoms. The van der Waals surface area contributed by atoms with Crippen LogP contribution in [0.15, 0.2) is 42.5 Å². The van der Waals surface area contributed by atoms with Gasteiger partial charge in [0.2, 0.25) is 5.91 Å². The molecule has 1 unspecified atom stereocenters. The zero-order valence-corrected chi connectivity index (χ0v) is 16.4. The number of benzene rings is 2. The molecule has 1 saturated heterocycles. The fourth-order valence-electron chi connectivity index (χ4n) is 3.77. The molecule has 4 nitrogen and oxygen atoms in total. The number of likely N-dealkylation sites (tertiary alicyclic amines) is 1. The minimum absolute atomic E-state index is 0.00109. The van der Waals surface area contributed by atoms with Crippen LogP contribution in [-0.4, -0.2) is 29.8 Å². The summed E-state index contributed by atoms with van der Waals surface area (Å²) in [4.78, 5) is 27.5. The Labute approximate surface area is 161 Å². The highest BCUT2D eigenvalue weighted by Gasteiger charge is 2.29. The maximum atomic E-state index is 12.9. The van der Waals surface area contributed by atoms with E-state index in [4.69, 9.17) is 0 Å². The first-order valence-corrected chi connectivity index (χ1v) is 9.73. The summed E-state index contributed by atoms with van der Waals surface area (Å²) in [6.07, 6.45) is 2.60. The molecule has 0 spiro atoms. The molecular weight excluding hydrogens is 336 g/mol. The van der Waals surface area contributed by atoms with Crippen molar-refractivity contribution in [2.24, 2.45) is 5.92 Å². The van der Waals surface area contributed by atoms with Gasteiger partial charge in [0.25, 0.3) is 5.91 Å². The minimum Gasteiger partial charge on any atom is -0.338 e. The molecule has 142 valence electrons. The van der Waals surface area contributed by atoms with Gasteiger partial charge in [0.15, 0.2) is 0 Å². The zero-order chi connectivity index (χ0) is 19.4. The van der Waals surface area contributed by atoms with Gasteiger partial charge < -0.3 is 10.2 Å². The lowest BCUT2D eigenvalue weighted by atomic mass is 9.96. The first-order valence-electron chi connectivity index (χ1n) is 9.73. The predicted molar refractivity (Wildman–Crippen MR) is 109 cm³/mol. The summed E-state index contributed by atoms with van der Waals surface area (Å²) in [5, 5.41) is 3.03. The van der Waals surface area contributed by atoms with Gasteiger partial charge >= 0.3 is 0 Å². The summed E-state index contributed by atoms with van der Waals surface area (Å²) in [5.74, 6) is -0.146. The maximum Gasteiger partial charge on any atom is 0.253 e. The molecule has 1 fully saturated rings. The lowest BCUT2D eigenvalue weighted by Crippen LogP contribution is -2.43. The molecule has 2 aromatic rings. The van der Waals surface area contributed by atoms with Crippen LogP contribution in [0.25, 0.3) is 0 Å². The highest BCUT2D eigenvalue weighted by atomic mass is 16.2. The van der Waals surface area contributed by atoms with E-state index in [0.717, 1.165) is 36.1 Å². The molecule has 1 aliphatic heterocycles. The number of rotatable bonds is 4. The van der Waals surface area contributed by atoms with Crippen molar-refractivity contribution in [2.75, 3.05) is 18.4 Å². The number of hydrogen-bond acceptors (Lipinski definition) is 2. The first-order chi connectivity index (χ1) is 13.0. The van der Waals surface area contributed by atoms with E-state index in [1.165, 1.54) is 5.56 Å². The van der Waals surface area contributed by atoms with Gasteiger partial charge in [-0.05, 0) is 62.9 Å². The van der Waals surface area contributed by atoms with Crippen molar-refractivity contribution >= 4 is 17.5 Å². The van der Waals surface area contributed by atoms with Crippen LogP contribution in [0.3, 0.4) is 0 Å². The van der Waals surface area contributed by atoms with E-state index in [-0.39, 0.29) is 17.7 Å². The van der Waals surface area contributed by atoms with Crippen molar-refractivity contribution in [2.45, 2.75) is 40.0 Å². The van der Waals surface area contributed by atoms with Gasteiger partial charge in [0, 0.05) is 24.3 Å². The molecule has 2 aromatic carbocycles. The highest BCUT2D eigenvalue weighted by molar-refractivity contribution is 5.96. The zero-order valence-electron chi connectivity index (χ0n) is 16.4. The van der Waals surface area contributed by atoms with Crippen molar-refractivity contribution in [1.29, 1.82) is 0 Å². The number of carbonyl (C=O) groups is 2. The summed E-state index contributed by atoms with van der Waals surface area (Å²) in [6, 6.07) is 13.9. The Morgan fingerprint density at radius 3 is 2.56 bits per heavy atom. The molecule has 1 aliphatic rings. The molecule has 1 heterocycles. The van der Waals surface area contributed by atoms with Crippen molar-refractivity contribution in [3.05, 3.63) is 64.7 Å². The number of carbonyl (C=O) groups excluding carboxylic acids is 2. The molecular formula is C23H28N2O2. The third-order valence-electron chi connectivity index (χ3n) is 5.15. The molecule has 3 rings (SSSR count). The Hall–Kier alpha value is -2.62. The molecule has 1 N–H and O–H groups in total. The van der Waals surface area contributed by atoms with Gasteiger partial charge in [0.1, 0.15) is 0 Å². The predicted octanol–water partition coefficient (Wildman–Crippen LogP) is 4.36. The Morgan fingerprint density at radius 1 is 1.11 bits per heavy atom. The fourth-order valence-corrected chi connectivity index (χ4v) is 3.77. The average Bonchev–Trinajstić information content (AvgIpc) is 2.67. The average molecular weight is 364 g/mol. The van der Waals surface area contributed by atoms with Crippen molar-refractivity contribution in [3.8, 4) is 0 Å². The second-order valence-electron chi connectivity index (χ2n) is 7.51. The van der Waals surface area contributed by atoms with Crippen LogP contribution < -0.4 is 5.32 Å². The van der Waals surface area contributed by atoms with Crippen molar-refractivity contribution < 1.29 is 9.59 Å². The van der Waals surface area contributed by atoms with E-state index < -0.39 is 0 Å². The third-order valence-corrected chi connectivity index (χ3v) is 5.15. The fraction of sp³-hybridized carbons (Fsp3) is 0.391. The van der Waals surface area contributed by atoms with E-state index >= 15 is 0 Å². The summed E-state index contributed by atoms with van der Waals surface area (Å²) in [5.41, 5.74) is 4.91. The number of amides is 2. The first kappa shape index (κ1) is 19.2. The Balaban J connectivity index is 1.67. The maximum absolute atomic E-state index is 12.9. The number of piperidine rings is 1. The smallest absolute Gasteiger partial charge is 0.253 e. The Kier molecular flexibility index (Phi) is 5.94. The Bertz CT molecular complexity index is 824. The van der Waals surface area contributed by atoms with Crippen LogP contribution >= 0.6 is 0 Å².